The van der Waals surface area contributed by atoms with E-state index in [0.29, 0.717) is 17.7 Å². The van der Waals surface area contributed by atoms with Gasteiger partial charge in [0.2, 0.25) is 5.91 Å². The summed E-state index contributed by atoms with van der Waals surface area (Å²) in [4.78, 5) is 27.2. The van der Waals surface area contributed by atoms with Crippen molar-refractivity contribution < 1.29 is 9.59 Å². The van der Waals surface area contributed by atoms with Gasteiger partial charge >= 0.3 is 0 Å². The number of aryl methyl sites for hydroxylation is 2. The normalized spacial score (nSPS) is 13.5. The number of carbonyl (C=O) groups is 2. The summed E-state index contributed by atoms with van der Waals surface area (Å²) >= 11 is 0. The average molecular weight is 319 g/mol. The second kappa shape index (κ2) is 5.53. The molecule has 0 atom stereocenters. The van der Waals surface area contributed by atoms with Crippen LogP contribution in [0.2, 0.25) is 0 Å². The van der Waals surface area contributed by atoms with Crippen LogP contribution < -0.4 is 10.6 Å². The molecular formula is C19H17N3O2. The number of rotatable bonds is 2. The van der Waals surface area contributed by atoms with Gasteiger partial charge in [-0.3, -0.25) is 9.59 Å². The maximum Gasteiger partial charge on any atom is 0.257 e. The lowest BCUT2D eigenvalue weighted by molar-refractivity contribution is -0.116. The van der Waals surface area contributed by atoms with Crippen molar-refractivity contribution in [3.63, 3.8) is 0 Å². The maximum atomic E-state index is 12.6. The van der Waals surface area contributed by atoms with E-state index in [0.717, 1.165) is 34.1 Å². The van der Waals surface area contributed by atoms with Crippen LogP contribution in [0.4, 0.5) is 11.4 Å². The van der Waals surface area contributed by atoms with Crippen molar-refractivity contribution in [1.29, 1.82) is 0 Å². The summed E-state index contributed by atoms with van der Waals surface area (Å²) in [5, 5.41) is 6.65. The minimum atomic E-state index is -0.174. The molecule has 4 rings (SSSR count). The number of anilines is 2. The molecule has 5 nitrogen and oxygen atoms in total. The van der Waals surface area contributed by atoms with E-state index in [-0.39, 0.29) is 11.8 Å². The molecule has 24 heavy (non-hydrogen) atoms. The molecule has 0 bridgehead atoms. The van der Waals surface area contributed by atoms with Crippen molar-refractivity contribution in [3.8, 4) is 0 Å². The fraction of sp³-hybridized carbons (Fsp3) is 0.158. The van der Waals surface area contributed by atoms with Gasteiger partial charge in [0.25, 0.3) is 5.91 Å². The number of carbonyl (C=O) groups excluding carboxylic acids is 2. The molecule has 0 saturated heterocycles. The van der Waals surface area contributed by atoms with Gasteiger partial charge in [-0.1, -0.05) is 18.2 Å². The van der Waals surface area contributed by atoms with Gasteiger partial charge in [0, 0.05) is 34.9 Å². The standard InChI is InChI=1S/C19H17N3O2/c1-11-2-6-14-15(10-20-17(14)8-11)19(24)21-13-5-3-12-4-7-18(23)22-16(12)9-13/h2-3,5-6,8-10,20H,4,7H2,1H3,(H,21,24)(H,22,23). The summed E-state index contributed by atoms with van der Waals surface area (Å²) in [6, 6.07) is 11.6. The fourth-order valence-electron chi connectivity index (χ4n) is 3.08. The van der Waals surface area contributed by atoms with Crippen molar-refractivity contribution in [1.82, 2.24) is 4.98 Å². The summed E-state index contributed by atoms with van der Waals surface area (Å²) in [6.45, 7) is 2.02. The zero-order valence-electron chi connectivity index (χ0n) is 13.3. The number of H-pyrrole nitrogens is 1. The Kier molecular flexibility index (Phi) is 3.34. The number of aromatic nitrogens is 1. The molecule has 120 valence electrons. The summed E-state index contributed by atoms with van der Waals surface area (Å²) in [7, 11) is 0. The molecule has 0 saturated carbocycles. The van der Waals surface area contributed by atoms with E-state index < -0.39 is 0 Å². The molecule has 0 aliphatic carbocycles. The molecule has 1 aliphatic heterocycles. The van der Waals surface area contributed by atoms with E-state index in [2.05, 4.69) is 15.6 Å². The van der Waals surface area contributed by atoms with Crippen LogP contribution in [-0.2, 0) is 11.2 Å². The van der Waals surface area contributed by atoms with Gasteiger partial charge in [-0.05, 0) is 42.7 Å². The van der Waals surface area contributed by atoms with Crippen LogP contribution in [0.5, 0.6) is 0 Å². The Morgan fingerprint density at radius 3 is 2.88 bits per heavy atom. The fourth-order valence-corrected chi connectivity index (χ4v) is 3.08. The van der Waals surface area contributed by atoms with Gasteiger partial charge in [0.15, 0.2) is 0 Å². The Morgan fingerprint density at radius 2 is 2.00 bits per heavy atom. The average Bonchev–Trinajstić information content (AvgIpc) is 2.97. The molecule has 5 heteroatoms. The summed E-state index contributed by atoms with van der Waals surface area (Å²) in [5.74, 6) is -0.162. The van der Waals surface area contributed by atoms with Crippen LogP contribution in [0.1, 0.15) is 27.9 Å². The van der Waals surface area contributed by atoms with Gasteiger partial charge in [-0.2, -0.15) is 0 Å². The van der Waals surface area contributed by atoms with E-state index >= 15 is 0 Å². The SMILES string of the molecule is Cc1ccc2c(C(=O)Nc3ccc4c(c3)NC(=O)CC4)c[nH]c2c1. The van der Waals surface area contributed by atoms with Crippen LogP contribution >= 0.6 is 0 Å². The first-order chi connectivity index (χ1) is 11.6. The Hall–Kier alpha value is -3.08. The number of amides is 2. The highest BCUT2D eigenvalue weighted by atomic mass is 16.2. The lowest BCUT2D eigenvalue weighted by atomic mass is 10.0. The van der Waals surface area contributed by atoms with Gasteiger partial charge in [-0.15, -0.1) is 0 Å². The van der Waals surface area contributed by atoms with Crippen LogP contribution in [-0.4, -0.2) is 16.8 Å². The second-order valence-corrected chi connectivity index (χ2v) is 6.13. The number of hydrogen-bond acceptors (Lipinski definition) is 2. The van der Waals surface area contributed by atoms with Crippen molar-refractivity contribution in [2.24, 2.45) is 0 Å². The third kappa shape index (κ3) is 2.54. The molecule has 1 aliphatic rings. The topological polar surface area (TPSA) is 74.0 Å². The Balaban J connectivity index is 1.61. The van der Waals surface area contributed by atoms with Gasteiger partial charge in [0.05, 0.1) is 5.56 Å². The van der Waals surface area contributed by atoms with Crippen molar-refractivity contribution in [2.75, 3.05) is 10.6 Å². The monoisotopic (exact) mass is 319 g/mol. The zero-order chi connectivity index (χ0) is 16.7. The highest BCUT2D eigenvalue weighted by molar-refractivity contribution is 6.13. The minimum Gasteiger partial charge on any atom is -0.360 e. The molecule has 3 aromatic rings. The highest BCUT2D eigenvalue weighted by Crippen LogP contribution is 2.27. The molecule has 0 radical (unpaired) electrons. The van der Waals surface area contributed by atoms with Gasteiger partial charge in [0.1, 0.15) is 0 Å². The number of fused-ring (bicyclic) bond motifs is 2. The van der Waals surface area contributed by atoms with Crippen molar-refractivity contribution >= 4 is 34.1 Å². The van der Waals surface area contributed by atoms with Gasteiger partial charge < -0.3 is 15.6 Å². The quantitative estimate of drug-likeness (QED) is 0.675. The van der Waals surface area contributed by atoms with Crippen LogP contribution in [0.25, 0.3) is 10.9 Å². The predicted octanol–water partition coefficient (Wildman–Crippen LogP) is 3.61. The zero-order valence-corrected chi connectivity index (χ0v) is 13.3. The lowest BCUT2D eigenvalue weighted by Crippen LogP contribution is -2.19. The van der Waals surface area contributed by atoms with E-state index in [4.69, 9.17) is 0 Å². The molecule has 2 amide bonds. The van der Waals surface area contributed by atoms with Crippen molar-refractivity contribution in [2.45, 2.75) is 19.8 Å². The van der Waals surface area contributed by atoms with E-state index in [1.165, 1.54) is 0 Å². The second-order valence-electron chi connectivity index (χ2n) is 6.13. The lowest BCUT2D eigenvalue weighted by Gasteiger charge is -2.17. The predicted molar refractivity (Wildman–Crippen MR) is 94.4 cm³/mol. The van der Waals surface area contributed by atoms with Crippen LogP contribution in [0, 0.1) is 6.92 Å². The Labute approximate surface area is 139 Å². The van der Waals surface area contributed by atoms with Crippen LogP contribution in [0.15, 0.2) is 42.6 Å². The molecule has 3 N–H and O–H groups in total. The van der Waals surface area contributed by atoms with E-state index in [1.807, 2.05) is 43.3 Å². The highest BCUT2D eigenvalue weighted by Gasteiger charge is 2.16. The molecule has 2 aromatic carbocycles. The summed E-state index contributed by atoms with van der Waals surface area (Å²) < 4.78 is 0. The first kappa shape index (κ1) is 14.5. The summed E-state index contributed by atoms with van der Waals surface area (Å²) in [5.41, 5.74) is 5.22. The number of benzene rings is 2. The molecule has 1 aromatic heterocycles. The minimum absolute atomic E-state index is 0.0120. The third-order valence-electron chi connectivity index (χ3n) is 4.35. The molecular weight excluding hydrogens is 302 g/mol. The smallest absolute Gasteiger partial charge is 0.257 e. The first-order valence-corrected chi connectivity index (χ1v) is 7.92. The Morgan fingerprint density at radius 1 is 1.12 bits per heavy atom. The summed E-state index contributed by atoms with van der Waals surface area (Å²) in [6.07, 6.45) is 2.96. The third-order valence-corrected chi connectivity index (χ3v) is 4.35. The van der Waals surface area contributed by atoms with E-state index in [9.17, 15) is 9.59 Å². The molecule has 0 fully saturated rings. The Bertz CT molecular complexity index is 972. The molecule has 2 heterocycles. The maximum absolute atomic E-state index is 12.6. The van der Waals surface area contributed by atoms with Crippen LogP contribution in [0.3, 0.4) is 0 Å². The molecule has 0 spiro atoms. The van der Waals surface area contributed by atoms with E-state index in [1.54, 1.807) is 6.20 Å². The van der Waals surface area contributed by atoms with Crippen molar-refractivity contribution in [3.05, 3.63) is 59.3 Å². The largest absolute Gasteiger partial charge is 0.360 e. The molecule has 0 unspecified atom stereocenters. The number of nitrogens with one attached hydrogen (secondary N) is 3. The first-order valence-electron chi connectivity index (χ1n) is 7.92. The number of hydrogen-bond donors (Lipinski definition) is 3. The number of aromatic amines is 1. The van der Waals surface area contributed by atoms with Gasteiger partial charge in [-0.25, -0.2) is 0 Å².